The molecule has 81 heavy (non-hydrogen) atoms. The Kier molecular flexibility index (Phi) is 15.8. The van der Waals surface area contributed by atoms with Gasteiger partial charge in [0, 0.05) is 22.6 Å². The fourth-order valence-electron chi connectivity index (χ4n) is 10.3. The van der Waals surface area contributed by atoms with E-state index in [4.69, 9.17) is 79.7 Å². The number of hydrogen-bond acceptors (Lipinski definition) is 14. The Morgan fingerprint density at radius 1 is 0.210 bits per heavy atom. The van der Waals surface area contributed by atoms with Crippen LogP contribution in [0, 0.1) is 43.3 Å². The van der Waals surface area contributed by atoms with Crippen LogP contribution in [0.5, 0.6) is 0 Å². The third-order valence-electron chi connectivity index (χ3n) is 13.2. The summed E-state index contributed by atoms with van der Waals surface area (Å²) >= 11 is 0. The molecule has 0 aliphatic carbocycles. The molecule has 8 bridgehead atoms. The van der Waals surface area contributed by atoms with E-state index < -0.39 is 0 Å². The zero-order valence-electron chi connectivity index (χ0n) is 53.5. The second-order valence-corrected chi connectivity index (χ2v) is 32.6. The average Bonchev–Trinajstić information content (AvgIpc) is 3.99. The van der Waals surface area contributed by atoms with Gasteiger partial charge in [0.05, 0.1) is 45.6 Å². The van der Waals surface area contributed by atoms with Crippen LogP contribution in [0.25, 0.3) is 90.7 Å². The topological polar surface area (TPSA) is 209 Å². The summed E-state index contributed by atoms with van der Waals surface area (Å²) in [7, 11) is 0. The number of fused-ring (bicyclic) bond motifs is 20. The smallest absolute Gasteiger partial charge is 0.354 e. The molecule has 9 rings (SSSR count). The molecule has 2 aliphatic heterocycles. The quantitative estimate of drug-likeness (QED) is 0.130. The van der Waals surface area contributed by atoms with Crippen molar-refractivity contribution < 1.29 is 19.5 Å². The van der Waals surface area contributed by atoms with E-state index in [-0.39, 0.29) is 62.8 Å². The van der Waals surface area contributed by atoms with Crippen molar-refractivity contribution in [1.29, 1.82) is 0 Å². The summed E-state index contributed by atoms with van der Waals surface area (Å²) in [6.45, 7) is 53.3. The van der Waals surface area contributed by atoms with Crippen LogP contribution in [0.3, 0.4) is 0 Å². The maximum atomic E-state index is 5.49. The Labute approximate surface area is 493 Å². The molecule has 9 heterocycles. The Bertz CT molecular complexity index is 3270. The van der Waals surface area contributed by atoms with Crippen molar-refractivity contribution in [1.82, 2.24) is 79.7 Å². The maximum Gasteiger partial charge on any atom is 2.00 e. The van der Waals surface area contributed by atoms with Crippen LogP contribution in [0.2, 0.25) is 0 Å². The van der Waals surface area contributed by atoms with Gasteiger partial charge in [0.25, 0.3) is 0 Å². The van der Waals surface area contributed by atoms with E-state index in [1.807, 2.05) is 0 Å². The summed E-state index contributed by atoms with van der Waals surface area (Å²) in [5, 5.41) is 0. The Balaban J connectivity index is 0.00000860. The third kappa shape index (κ3) is 14.7. The van der Waals surface area contributed by atoms with E-state index in [1.54, 1.807) is 0 Å². The number of aromatic nitrogens is 16. The molecule has 426 valence electrons. The molecule has 0 atom stereocenters. The standard InChI is InChI=1S/C64H88N16.Zn/c1-57(2,3)25-33-34(26-58(4,5)6)66-42-41(65-33)49-73-50(42)78-52-45-46(70-38(30-62(16,17)18)37(69-45)29-61(13,14)15)54(75-52)80-56-48-47(71-39(31-63(19,20)21)40(72-48)32-64(22,23)24)55(76-56)79-53-44-43(51(74-53)77-49)67-35(27-59(7,8)9)36(68-44)28-60(10,11)12;/h25-32H2,1-24H3;/q-2;+2. The van der Waals surface area contributed by atoms with Gasteiger partial charge in [-0.25, -0.2) is 49.8 Å². The van der Waals surface area contributed by atoms with E-state index in [9.17, 15) is 0 Å². The SMILES string of the molecule is CC(C)(C)Cc1nc2c(nc1CC(C)(C)C)-c1nc-2nc2[n-]c(nc3nc(nc4[n-]c(n1)c1nc(CC(C)(C)C)c(CC(C)(C)C)nc41)-c1nc(CC(C)(C)C)c(CC(C)(C)C)nc1-3)c1nc(CC(C)(C)C)c(CC(C)(C)C)nc21.[Zn+2]. The van der Waals surface area contributed by atoms with E-state index >= 15 is 0 Å². The summed E-state index contributed by atoms with van der Waals surface area (Å²) < 4.78 is 0. The van der Waals surface area contributed by atoms with Gasteiger partial charge in [0.15, 0.2) is 0 Å². The molecule has 7 aromatic heterocycles. The predicted molar refractivity (Wildman–Crippen MR) is 322 cm³/mol. The summed E-state index contributed by atoms with van der Waals surface area (Å²) in [4.78, 5) is 86.5. The van der Waals surface area contributed by atoms with Crippen molar-refractivity contribution in [2.45, 2.75) is 218 Å². The molecular weight excluding hydrogens is 1060 g/mol. The van der Waals surface area contributed by atoms with Gasteiger partial charge in [-0.15, -0.1) is 0 Å². The maximum absolute atomic E-state index is 5.49. The van der Waals surface area contributed by atoms with Crippen molar-refractivity contribution in [3.05, 3.63) is 45.6 Å². The largest absolute Gasteiger partial charge is 2.00 e. The number of rotatable bonds is 8. The first-order valence-corrected chi connectivity index (χ1v) is 28.8. The molecule has 0 unspecified atom stereocenters. The zero-order valence-corrected chi connectivity index (χ0v) is 56.5. The van der Waals surface area contributed by atoms with Crippen molar-refractivity contribution in [3.63, 3.8) is 0 Å². The van der Waals surface area contributed by atoms with Crippen LogP contribution in [-0.4, -0.2) is 69.8 Å². The summed E-state index contributed by atoms with van der Waals surface area (Å²) in [6.07, 6.45) is 5.45. The van der Waals surface area contributed by atoms with Gasteiger partial charge in [-0.1, -0.05) is 166 Å². The van der Waals surface area contributed by atoms with Crippen molar-refractivity contribution >= 4 is 44.7 Å². The molecular formula is C64H88N16Zn. The summed E-state index contributed by atoms with van der Waals surface area (Å²) in [5.74, 6) is 1.21. The van der Waals surface area contributed by atoms with E-state index in [0.717, 1.165) is 45.6 Å². The minimum absolute atomic E-state index is 0. The summed E-state index contributed by atoms with van der Waals surface area (Å²) in [6, 6.07) is 0. The van der Waals surface area contributed by atoms with Gasteiger partial charge in [0.1, 0.15) is 68.1 Å². The van der Waals surface area contributed by atoms with Crippen molar-refractivity contribution in [2.24, 2.45) is 43.3 Å². The molecule has 0 spiro atoms. The van der Waals surface area contributed by atoms with Crippen LogP contribution >= 0.6 is 0 Å². The molecule has 16 nitrogen and oxygen atoms in total. The second-order valence-electron chi connectivity index (χ2n) is 32.6. The first-order valence-electron chi connectivity index (χ1n) is 28.8. The molecule has 0 N–H and O–H groups in total. The Hall–Kier alpha value is -5.70. The van der Waals surface area contributed by atoms with E-state index in [0.29, 0.717) is 142 Å². The van der Waals surface area contributed by atoms with E-state index in [2.05, 4.69) is 166 Å². The Morgan fingerprint density at radius 2 is 0.358 bits per heavy atom. The molecule has 0 amide bonds. The average molecular weight is 1150 g/mol. The van der Waals surface area contributed by atoms with Crippen LogP contribution in [0.15, 0.2) is 0 Å². The minimum Gasteiger partial charge on any atom is -0.354 e. The second kappa shape index (κ2) is 20.9. The monoisotopic (exact) mass is 1140 g/mol. The minimum atomic E-state index is -0.104. The van der Waals surface area contributed by atoms with Gasteiger partial charge in [-0.05, 0) is 94.7 Å². The first kappa shape index (κ1) is 61.4. The van der Waals surface area contributed by atoms with Gasteiger partial charge in [-0.2, -0.15) is 0 Å². The molecule has 2 aliphatic rings. The van der Waals surface area contributed by atoms with Gasteiger partial charge in [0.2, 0.25) is 0 Å². The fraction of sp³-hybridized carbons (Fsp3) is 0.625. The first-order chi connectivity index (χ1) is 36.5. The van der Waals surface area contributed by atoms with Gasteiger partial charge < -0.3 is 29.9 Å². The molecule has 0 radical (unpaired) electrons. The van der Waals surface area contributed by atoms with Gasteiger partial charge in [-0.3, -0.25) is 0 Å². The molecule has 0 saturated heterocycles. The van der Waals surface area contributed by atoms with Crippen LogP contribution in [0.4, 0.5) is 0 Å². The third-order valence-corrected chi connectivity index (χ3v) is 13.2. The van der Waals surface area contributed by atoms with E-state index in [1.165, 1.54) is 0 Å². The number of nitrogens with zero attached hydrogens (tertiary/aromatic N) is 16. The predicted octanol–water partition coefficient (Wildman–Crippen LogP) is 14.0. The zero-order chi connectivity index (χ0) is 58.8. The molecule has 0 fully saturated rings. The van der Waals surface area contributed by atoms with Crippen LogP contribution in [0.1, 0.15) is 212 Å². The molecule has 7 aromatic rings. The van der Waals surface area contributed by atoms with Crippen LogP contribution in [-0.2, 0) is 70.8 Å². The number of hydrogen-bond donors (Lipinski definition) is 0. The normalized spacial score (nSPS) is 13.7. The fourth-order valence-corrected chi connectivity index (χ4v) is 10.3. The molecule has 17 heteroatoms. The molecule has 0 saturated carbocycles. The summed E-state index contributed by atoms with van der Waals surface area (Å²) in [5.41, 5.74) is 11.5. The van der Waals surface area contributed by atoms with Crippen molar-refractivity contribution in [2.75, 3.05) is 0 Å². The van der Waals surface area contributed by atoms with Gasteiger partial charge >= 0.3 is 19.5 Å². The van der Waals surface area contributed by atoms with Crippen LogP contribution < -0.4 is 9.97 Å². The Morgan fingerprint density at radius 3 is 0.506 bits per heavy atom. The molecule has 0 aromatic carbocycles. The van der Waals surface area contributed by atoms with Crippen molar-refractivity contribution in [3.8, 4) is 46.1 Å².